The first-order valence-electron chi connectivity index (χ1n) is 5.65. The van der Waals surface area contributed by atoms with E-state index in [0.29, 0.717) is 23.3 Å². The van der Waals surface area contributed by atoms with Gasteiger partial charge in [-0.2, -0.15) is 0 Å². The standard InChI is InChI=1S/C13H12Br2O4/c1-3-18-13(16)12-7(6-14)10-8(19-12)4-5-9(17-2)11(10)15/h4-5H,3,6H2,1-2H3. The number of ether oxygens (including phenoxy) is 2. The molecule has 4 nitrogen and oxygen atoms in total. The lowest BCUT2D eigenvalue weighted by Crippen LogP contribution is -2.05. The summed E-state index contributed by atoms with van der Waals surface area (Å²) < 4.78 is 16.6. The minimum Gasteiger partial charge on any atom is -0.496 e. The largest absolute Gasteiger partial charge is 0.496 e. The Labute approximate surface area is 127 Å². The Morgan fingerprint density at radius 3 is 2.74 bits per heavy atom. The van der Waals surface area contributed by atoms with E-state index in [1.807, 2.05) is 0 Å². The molecule has 0 saturated heterocycles. The zero-order chi connectivity index (χ0) is 14.0. The van der Waals surface area contributed by atoms with Gasteiger partial charge in [0.05, 0.1) is 18.2 Å². The van der Waals surface area contributed by atoms with Crippen LogP contribution >= 0.6 is 31.9 Å². The lowest BCUT2D eigenvalue weighted by Gasteiger charge is -2.04. The van der Waals surface area contributed by atoms with E-state index in [1.54, 1.807) is 26.2 Å². The smallest absolute Gasteiger partial charge is 0.374 e. The molecule has 2 aromatic rings. The van der Waals surface area contributed by atoms with E-state index in [-0.39, 0.29) is 5.76 Å². The van der Waals surface area contributed by atoms with Gasteiger partial charge in [0.2, 0.25) is 5.76 Å². The fourth-order valence-electron chi connectivity index (χ4n) is 1.84. The maximum atomic E-state index is 11.9. The number of esters is 1. The number of hydrogen-bond acceptors (Lipinski definition) is 4. The number of methoxy groups -OCH3 is 1. The number of halogens is 2. The molecule has 1 heterocycles. The molecule has 0 amide bonds. The van der Waals surface area contributed by atoms with Crippen molar-refractivity contribution in [2.24, 2.45) is 0 Å². The first-order valence-corrected chi connectivity index (χ1v) is 7.56. The van der Waals surface area contributed by atoms with Crippen molar-refractivity contribution in [3.63, 3.8) is 0 Å². The van der Waals surface area contributed by atoms with E-state index in [1.165, 1.54) is 0 Å². The summed E-state index contributed by atoms with van der Waals surface area (Å²) in [5, 5.41) is 1.30. The zero-order valence-electron chi connectivity index (χ0n) is 10.5. The molecule has 2 rings (SSSR count). The van der Waals surface area contributed by atoms with Crippen LogP contribution in [0.4, 0.5) is 0 Å². The maximum Gasteiger partial charge on any atom is 0.374 e. The molecule has 6 heteroatoms. The minimum absolute atomic E-state index is 0.225. The van der Waals surface area contributed by atoms with Gasteiger partial charge in [-0.25, -0.2) is 4.79 Å². The molecule has 0 bridgehead atoms. The number of alkyl halides is 1. The molecule has 1 aromatic heterocycles. The van der Waals surface area contributed by atoms with Crippen LogP contribution in [0.15, 0.2) is 21.0 Å². The third kappa shape index (κ3) is 2.51. The number of carbonyl (C=O) groups excluding carboxylic acids is 1. The lowest BCUT2D eigenvalue weighted by atomic mass is 10.1. The highest BCUT2D eigenvalue weighted by Gasteiger charge is 2.23. The van der Waals surface area contributed by atoms with E-state index in [2.05, 4.69) is 31.9 Å². The second kappa shape index (κ2) is 5.96. The van der Waals surface area contributed by atoms with Crippen LogP contribution in [0.2, 0.25) is 0 Å². The van der Waals surface area contributed by atoms with E-state index in [4.69, 9.17) is 13.9 Å². The fraction of sp³-hybridized carbons (Fsp3) is 0.308. The minimum atomic E-state index is -0.459. The zero-order valence-corrected chi connectivity index (χ0v) is 13.6. The van der Waals surface area contributed by atoms with Crippen molar-refractivity contribution >= 4 is 48.8 Å². The van der Waals surface area contributed by atoms with Crippen molar-refractivity contribution in [3.8, 4) is 5.75 Å². The SMILES string of the molecule is CCOC(=O)c1oc2ccc(OC)c(Br)c2c1CBr. The Bertz CT molecular complexity index is 619. The molecule has 0 N–H and O–H groups in total. The van der Waals surface area contributed by atoms with Gasteiger partial charge in [0.1, 0.15) is 11.3 Å². The van der Waals surface area contributed by atoms with Crippen LogP contribution in [0.3, 0.4) is 0 Å². The third-order valence-electron chi connectivity index (χ3n) is 2.67. The molecule has 0 spiro atoms. The van der Waals surface area contributed by atoms with Gasteiger partial charge >= 0.3 is 5.97 Å². The van der Waals surface area contributed by atoms with Gasteiger partial charge in [0.25, 0.3) is 0 Å². The van der Waals surface area contributed by atoms with Gasteiger partial charge in [0, 0.05) is 16.3 Å². The lowest BCUT2D eigenvalue weighted by molar-refractivity contribution is 0.0491. The molecule has 102 valence electrons. The predicted molar refractivity (Wildman–Crippen MR) is 79.1 cm³/mol. The summed E-state index contributed by atoms with van der Waals surface area (Å²) in [6.07, 6.45) is 0. The highest BCUT2D eigenvalue weighted by atomic mass is 79.9. The summed E-state index contributed by atoms with van der Waals surface area (Å²) in [5.74, 6) is 0.451. The number of benzene rings is 1. The van der Waals surface area contributed by atoms with Gasteiger partial charge < -0.3 is 13.9 Å². The number of hydrogen-bond donors (Lipinski definition) is 0. The Kier molecular flexibility index (Phi) is 4.52. The molecule has 0 saturated carbocycles. The second-order valence-electron chi connectivity index (χ2n) is 3.72. The number of rotatable bonds is 4. The predicted octanol–water partition coefficient (Wildman–Crippen LogP) is 4.28. The molecule has 0 atom stereocenters. The Morgan fingerprint density at radius 1 is 1.42 bits per heavy atom. The van der Waals surface area contributed by atoms with Gasteiger partial charge in [-0.05, 0) is 35.0 Å². The molecular formula is C13H12Br2O4. The Hall–Kier alpha value is -1.01. The van der Waals surface area contributed by atoms with E-state index >= 15 is 0 Å². The Morgan fingerprint density at radius 2 is 2.16 bits per heavy atom. The summed E-state index contributed by atoms with van der Waals surface area (Å²) >= 11 is 6.86. The fourth-order valence-corrected chi connectivity index (χ4v) is 3.10. The van der Waals surface area contributed by atoms with E-state index in [0.717, 1.165) is 15.4 Å². The average Bonchev–Trinajstić information content (AvgIpc) is 2.79. The van der Waals surface area contributed by atoms with Gasteiger partial charge in [-0.3, -0.25) is 0 Å². The molecule has 1 aromatic carbocycles. The van der Waals surface area contributed by atoms with Crippen LogP contribution in [0, 0.1) is 0 Å². The Balaban J connectivity index is 2.68. The highest BCUT2D eigenvalue weighted by molar-refractivity contribution is 9.10. The van der Waals surface area contributed by atoms with E-state index in [9.17, 15) is 4.79 Å². The normalized spacial score (nSPS) is 10.7. The van der Waals surface area contributed by atoms with Crippen LogP contribution < -0.4 is 4.74 Å². The second-order valence-corrected chi connectivity index (χ2v) is 5.07. The molecule has 0 aliphatic carbocycles. The van der Waals surface area contributed by atoms with Crippen LogP contribution in [-0.4, -0.2) is 19.7 Å². The van der Waals surface area contributed by atoms with Crippen LogP contribution in [0.25, 0.3) is 11.0 Å². The average molecular weight is 392 g/mol. The molecule has 0 unspecified atom stereocenters. The van der Waals surface area contributed by atoms with Crippen molar-refractivity contribution in [2.75, 3.05) is 13.7 Å². The first kappa shape index (κ1) is 14.4. The number of fused-ring (bicyclic) bond motifs is 1. The van der Waals surface area contributed by atoms with Crippen LogP contribution in [0.1, 0.15) is 23.0 Å². The quantitative estimate of drug-likeness (QED) is 0.576. The first-order chi connectivity index (χ1) is 9.13. The summed E-state index contributed by atoms with van der Waals surface area (Å²) in [6, 6.07) is 3.55. The van der Waals surface area contributed by atoms with Crippen molar-refractivity contribution in [2.45, 2.75) is 12.3 Å². The maximum absolute atomic E-state index is 11.9. The van der Waals surface area contributed by atoms with Gasteiger partial charge in [-0.1, -0.05) is 15.9 Å². The van der Waals surface area contributed by atoms with Crippen molar-refractivity contribution in [1.29, 1.82) is 0 Å². The topological polar surface area (TPSA) is 48.7 Å². The summed E-state index contributed by atoms with van der Waals surface area (Å²) in [6.45, 7) is 2.06. The highest BCUT2D eigenvalue weighted by Crippen LogP contribution is 2.39. The monoisotopic (exact) mass is 390 g/mol. The third-order valence-corrected chi connectivity index (χ3v) is 4.02. The molecule has 0 fully saturated rings. The summed E-state index contributed by atoms with van der Waals surface area (Å²) in [4.78, 5) is 11.9. The van der Waals surface area contributed by atoms with Crippen molar-refractivity contribution in [3.05, 3.63) is 27.9 Å². The molecule has 19 heavy (non-hydrogen) atoms. The molecule has 0 radical (unpaired) electrons. The number of furan rings is 1. The summed E-state index contributed by atoms with van der Waals surface area (Å²) in [5.41, 5.74) is 1.37. The molecular weight excluding hydrogens is 380 g/mol. The summed E-state index contributed by atoms with van der Waals surface area (Å²) in [7, 11) is 1.59. The molecule has 0 aliphatic rings. The van der Waals surface area contributed by atoms with Crippen molar-refractivity contribution < 1.29 is 18.7 Å². The van der Waals surface area contributed by atoms with E-state index < -0.39 is 5.97 Å². The van der Waals surface area contributed by atoms with Gasteiger partial charge in [0.15, 0.2) is 0 Å². The molecule has 0 aliphatic heterocycles. The van der Waals surface area contributed by atoms with Crippen LogP contribution in [-0.2, 0) is 10.1 Å². The van der Waals surface area contributed by atoms with Crippen LogP contribution in [0.5, 0.6) is 5.75 Å². The van der Waals surface area contributed by atoms with Crippen molar-refractivity contribution in [1.82, 2.24) is 0 Å². The van der Waals surface area contributed by atoms with Gasteiger partial charge in [-0.15, -0.1) is 0 Å². The number of carbonyl (C=O) groups is 1.